The summed E-state index contributed by atoms with van der Waals surface area (Å²) in [5.41, 5.74) is 2.84. The molecular formula is C18H17BrN2O2. The van der Waals surface area contributed by atoms with Crippen molar-refractivity contribution in [3.8, 4) is 0 Å². The highest BCUT2D eigenvalue weighted by molar-refractivity contribution is 9.10. The predicted molar refractivity (Wildman–Crippen MR) is 94.7 cm³/mol. The molecule has 2 aromatic rings. The van der Waals surface area contributed by atoms with Gasteiger partial charge in [-0.05, 0) is 46.1 Å². The van der Waals surface area contributed by atoms with Crippen LogP contribution in [0.25, 0.3) is 0 Å². The van der Waals surface area contributed by atoms with Crippen LogP contribution < -0.4 is 9.80 Å². The SMILES string of the molecule is CC(=O)N(CC(=O)N1CCc2ccccc21)c1ccccc1Br. The van der Waals surface area contributed by atoms with Crippen LogP contribution in [0, 0.1) is 0 Å². The Balaban J connectivity index is 1.83. The Bertz CT molecular complexity index is 760. The number of carbonyl (C=O) groups is 2. The van der Waals surface area contributed by atoms with Gasteiger partial charge in [0.2, 0.25) is 11.8 Å². The summed E-state index contributed by atoms with van der Waals surface area (Å²) in [5, 5.41) is 0. The zero-order chi connectivity index (χ0) is 16.4. The van der Waals surface area contributed by atoms with Crippen molar-refractivity contribution in [3.05, 3.63) is 58.6 Å². The molecule has 0 atom stereocenters. The first kappa shape index (κ1) is 15.7. The molecule has 0 saturated heterocycles. The molecular weight excluding hydrogens is 356 g/mol. The second-order valence-electron chi connectivity index (χ2n) is 5.48. The maximum Gasteiger partial charge on any atom is 0.247 e. The summed E-state index contributed by atoms with van der Waals surface area (Å²) in [4.78, 5) is 28.0. The molecule has 0 radical (unpaired) electrons. The second-order valence-corrected chi connectivity index (χ2v) is 6.34. The Morgan fingerprint density at radius 2 is 1.83 bits per heavy atom. The van der Waals surface area contributed by atoms with Crippen LogP contribution in [0.5, 0.6) is 0 Å². The number of benzene rings is 2. The first-order valence-electron chi connectivity index (χ1n) is 7.49. The number of hydrogen-bond acceptors (Lipinski definition) is 2. The summed E-state index contributed by atoms with van der Waals surface area (Å²) in [7, 11) is 0. The van der Waals surface area contributed by atoms with E-state index in [4.69, 9.17) is 0 Å². The van der Waals surface area contributed by atoms with Crippen LogP contribution in [0.1, 0.15) is 12.5 Å². The van der Waals surface area contributed by atoms with Crippen molar-refractivity contribution in [1.29, 1.82) is 0 Å². The van der Waals surface area contributed by atoms with Gasteiger partial charge >= 0.3 is 0 Å². The number of para-hydroxylation sites is 2. The molecule has 118 valence electrons. The molecule has 0 bridgehead atoms. The maximum atomic E-state index is 12.7. The minimum atomic E-state index is -0.155. The van der Waals surface area contributed by atoms with Crippen molar-refractivity contribution < 1.29 is 9.59 Å². The van der Waals surface area contributed by atoms with Crippen molar-refractivity contribution in [1.82, 2.24) is 0 Å². The number of carbonyl (C=O) groups excluding carboxylic acids is 2. The highest BCUT2D eigenvalue weighted by Crippen LogP contribution is 2.29. The monoisotopic (exact) mass is 372 g/mol. The fourth-order valence-corrected chi connectivity index (χ4v) is 3.35. The van der Waals surface area contributed by atoms with Crippen LogP contribution in [-0.4, -0.2) is 24.9 Å². The van der Waals surface area contributed by atoms with E-state index < -0.39 is 0 Å². The van der Waals surface area contributed by atoms with E-state index in [-0.39, 0.29) is 18.4 Å². The zero-order valence-corrected chi connectivity index (χ0v) is 14.4. The number of amides is 2. The van der Waals surface area contributed by atoms with Crippen LogP contribution in [0.4, 0.5) is 11.4 Å². The van der Waals surface area contributed by atoms with Crippen molar-refractivity contribution in [2.45, 2.75) is 13.3 Å². The first-order chi connectivity index (χ1) is 11.1. The van der Waals surface area contributed by atoms with Crippen LogP contribution in [0.3, 0.4) is 0 Å². The summed E-state index contributed by atoms with van der Waals surface area (Å²) >= 11 is 3.45. The number of halogens is 1. The van der Waals surface area contributed by atoms with Crippen molar-refractivity contribution in [2.75, 3.05) is 22.9 Å². The lowest BCUT2D eigenvalue weighted by atomic mass is 10.2. The van der Waals surface area contributed by atoms with Crippen LogP contribution in [0.2, 0.25) is 0 Å². The highest BCUT2D eigenvalue weighted by atomic mass is 79.9. The predicted octanol–water partition coefficient (Wildman–Crippen LogP) is 3.39. The summed E-state index contributed by atoms with van der Waals surface area (Å²) in [5.74, 6) is -0.223. The van der Waals surface area contributed by atoms with E-state index in [9.17, 15) is 9.59 Å². The Labute approximate surface area is 143 Å². The molecule has 2 aromatic carbocycles. The van der Waals surface area contributed by atoms with E-state index in [0.717, 1.165) is 16.6 Å². The number of rotatable bonds is 3. The molecule has 23 heavy (non-hydrogen) atoms. The lowest BCUT2D eigenvalue weighted by Gasteiger charge is -2.25. The molecule has 1 aliphatic heterocycles. The number of fused-ring (bicyclic) bond motifs is 1. The van der Waals surface area contributed by atoms with Crippen LogP contribution >= 0.6 is 15.9 Å². The Hall–Kier alpha value is -2.14. The topological polar surface area (TPSA) is 40.6 Å². The molecule has 1 heterocycles. The third-order valence-corrected chi connectivity index (χ3v) is 4.68. The van der Waals surface area contributed by atoms with Crippen molar-refractivity contribution in [3.63, 3.8) is 0 Å². The zero-order valence-electron chi connectivity index (χ0n) is 12.8. The summed E-state index contributed by atoms with van der Waals surface area (Å²) in [6.45, 7) is 2.18. The van der Waals surface area contributed by atoms with Crippen LogP contribution in [-0.2, 0) is 16.0 Å². The number of anilines is 2. The minimum Gasteiger partial charge on any atom is -0.310 e. The fraction of sp³-hybridized carbons (Fsp3) is 0.222. The summed E-state index contributed by atoms with van der Waals surface area (Å²) < 4.78 is 0.796. The lowest BCUT2D eigenvalue weighted by Crippen LogP contribution is -2.42. The molecule has 1 aliphatic rings. The van der Waals surface area contributed by atoms with Gasteiger partial charge in [-0.1, -0.05) is 30.3 Å². The van der Waals surface area contributed by atoms with Gasteiger partial charge in [-0.25, -0.2) is 0 Å². The van der Waals surface area contributed by atoms with E-state index in [1.807, 2.05) is 48.5 Å². The van der Waals surface area contributed by atoms with Gasteiger partial charge in [0.1, 0.15) is 6.54 Å². The molecule has 0 N–H and O–H groups in total. The van der Waals surface area contributed by atoms with E-state index in [0.29, 0.717) is 12.2 Å². The van der Waals surface area contributed by atoms with Gasteiger partial charge in [0, 0.05) is 23.6 Å². The van der Waals surface area contributed by atoms with Crippen molar-refractivity contribution >= 4 is 39.1 Å². The molecule has 0 aliphatic carbocycles. The molecule has 0 fully saturated rings. The highest BCUT2D eigenvalue weighted by Gasteiger charge is 2.27. The largest absolute Gasteiger partial charge is 0.310 e. The third kappa shape index (κ3) is 3.15. The van der Waals surface area contributed by atoms with Gasteiger partial charge in [-0.15, -0.1) is 0 Å². The summed E-state index contributed by atoms with van der Waals surface area (Å²) in [6.07, 6.45) is 0.858. The van der Waals surface area contributed by atoms with E-state index >= 15 is 0 Å². The lowest BCUT2D eigenvalue weighted by molar-refractivity contribution is -0.121. The van der Waals surface area contributed by atoms with Gasteiger partial charge < -0.3 is 9.80 Å². The van der Waals surface area contributed by atoms with E-state index in [1.54, 1.807) is 4.90 Å². The Morgan fingerprint density at radius 3 is 2.57 bits per heavy atom. The van der Waals surface area contributed by atoms with Gasteiger partial charge in [0.15, 0.2) is 0 Å². The third-order valence-electron chi connectivity index (χ3n) is 4.00. The van der Waals surface area contributed by atoms with Gasteiger partial charge in [-0.3, -0.25) is 9.59 Å². The molecule has 2 amide bonds. The molecule has 0 spiro atoms. The van der Waals surface area contributed by atoms with Gasteiger partial charge in [-0.2, -0.15) is 0 Å². The Kier molecular flexibility index (Phi) is 4.48. The van der Waals surface area contributed by atoms with Gasteiger partial charge in [0.25, 0.3) is 0 Å². The molecule has 0 unspecified atom stereocenters. The average Bonchev–Trinajstić information content (AvgIpc) is 2.97. The fourth-order valence-electron chi connectivity index (χ4n) is 2.85. The number of hydrogen-bond donors (Lipinski definition) is 0. The average molecular weight is 373 g/mol. The first-order valence-corrected chi connectivity index (χ1v) is 8.28. The summed E-state index contributed by atoms with van der Waals surface area (Å²) in [6, 6.07) is 15.3. The Morgan fingerprint density at radius 1 is 1.13 bits per heavy atom. The van der Waals surface area contributed by atoms with E-state index in [2.05, 4.69) is 15.9 Å². The smallest absolute Gasteiger partial charge is 0.247 e. The molecule has 5 heteroatoms. The minimum absolute atomic E-state index is 0.0340. The molecule has 4 nitrogen and oxygen atoms in total. The maximum absolute atomic E-state index is 12.7. The standard InChI is InChI=1S/C18H17BrN2O2/c1-13(22)21(17-9-5-3-7-15(17)19)12-18(23)20-11-10-14-6-2-4-8-16(14)20/h2-9H,10-12H2,1H3. The molecule has 0 saturated carbocycles. The quantitative estimate of drug-likeness (QED) is 0.828. The van der Waals surface area contributed by atoms with E-state index in [1.165, 1.54) is 17.4 Å². The normalized spacial score (nSPS) is 12.9. The van der Waals surface area contributed by atoms with Crippen molar-refractivity contribution in [2.24, 2.45) is 0 Å². The second kappa shape index (κ2) is 6.54. The van der Waals surface area contributed by atoms with Crippen LogP contribution in [0.15, 0.2) is 53.0 Å². The van der Waals surface area contributed by atoms with Gasteiger partial charge in [0.05, 0.1) is 5.69 Å². The molecule has 0 aromatic heterocycles. The number of nitrogens with zero attached hydrogens (tertiary/aromatic N) is 2. The molecule has 3 rings (SSSR count).